The number of amides is 1. The van der Waals surface area contributed by atoms with Crippen LogP contribution in [0.15, 0.2) is 0 Å². The van der Waals surface area contributed by atoms with Gasteiger partial charge in [-0.25, -0.2) is 0 Å². The van der Waals surface area contributed by atoms with Crippen LogP contribution in [0.2, 0.25) is 0 Å². The lowest BCUT2D eigenvalue weighted by Crippen LogP contribution is -2.38. The maximum absolute atomic E-state index is 11.5. The molecule has 0 aromatic heterocycles. The van der Waals surface area contributed by atoms with Crippen molar-refractivity contribution in [2.45, 2.75) is 25.8 Å². The second-order valence-corrected chi connectivity index (χ2v) is 4.66. The van der Waals surface area contributed by atoms with E-state index in [0.717, 1.165) is 17.5 Å². The first kappa shape index (κ1) is 13.3. The van der Waals surface area contributed by atoms with Gasteiger partial charge in [-0.05, 0) is 12.7 Å². The normalized spacial score (nSPS) is 12.6. The fourth-order valence-electron chi connectivity index (χ4n) is 1.16. The van der Waals surface area contributed by atoms with Crippen LogP contribution in [0.4, 0.5) is 0 Å². The molecule has 0 aromatic carbocycles. The van der Waals surface area contributed by atoms with E-state index >= 15 is 0 Å². The van der Waals surface area contributed by atoms with Crippen LogP contribution < -0.4 is 0 Å². The number of carbonyl (C=O) groups excluding carboxylic acids is 1. The molecule has 0 aromatic rings. The van der Waals surface area contributed by atoms with E-state index < -0.39 is 0 Å². The molecule has 0 rings (SSSR count). The van der Waals surface area contributed by atoms with Crippen LogP contribution in [-0.2, 0) is 4.79 Å². The van der Waals surface area contributed by atoms with Crippen molar-refractivity contribution in [3.63, 3.8) is 0 Å². The predicted octanol–water partition coefficient (Wildman–Crippen LogP) is 2.37. The van der Waals surface area contributed by atoms with Gasteiger partial charge in [0.25, 0.3) is 0 Å². The van der Waals surface area contributed by atoms with E-state index in [1.54, 1.807) is 11.8 Å². The van der Waals surface area contributed by atoms with Crippen LogP contribution in [0, 0.1) is 0 Å². The quantitative estimate of drug-likeness (QED) is 0.689. The van der Waals surface area contributed by atoms with Crippen LogP contribution in [-0.4, -0.2) is 41.2 Å². The predicted molar refractivity (Wildman–Crippen MR) is 63.6 cm³/mol. The van der Waals surface area contributed by atoms with Gasteiger partial charge in [-0.3, -0.25) is 4.79 Å². The van der Waals surface area contributed by atoms with E-state index in [9.17, 15) is 4.79 Å². The minimum Gasteiger partial charge on any atom is -0.342 e. The minimum absolute atomic E-state index is 0.234. The van der Waals surface area contributed by atoms with E-state index in [1.807, 2.05) is 11.9 Å². The molecule has 0 aliphatic rings. The first-order chi connectivity index (χ1) is 6.17. The number of rotatable bonds is 6. The molecule has 78 valence electrons. The number of thioether (sulfide) groups is 1. The van der Waals surface area contributed by atoms with Gasteiger partial charge in [0.05, 0.1) is 0 Å². The summed E-state index contributed by atoms with van der Waals surface area (Å²) < 4.78 is 0. The summed E-state index contributed by atoms with van der Waals surface area (Å²) in [4.78, 5) is 13.4. The molecule has 0 spiro atoms. The van der Waals surface area contributed by atoms with Crippen LogP contribution in [0.5, 0.6) is 0 Å². The van der Waals surface area contributed by atoms with Gasteiger partial charge in [0, 0.05) is 30.6 Å². The van der Waals surface area contributed by atoms with Crippen LogP contribution >= 0.6 is 27.7 Å². The number of hydrogen-bond donors (Lipinski definition) is 0. The molecule has 0 saturated heterocycles. The fourth-order valence-corrected chi connectivity index (χ4v) is 2.34. The molecule has 0 saturated carbocycles. The topological polar surface area (TPSA) is 20.3 Å². The molecule has 4 heteroatoms. The Morgan fingerprint density at radius 2 is 2.23 bits per heavy atom. The maximum atomic E-state index is 11.5. The standard InChI is InChI=1S/C9H18BrNOS/c1-4-8(7-13-3)11(2)9(12)5-6-10/h8H,4-7H2,1-3H3. The molecule has 0 bridgehead atoms. The summed E-state index contributed by atoms with van der Waals surface area (Å²) in [6.45, 7) is 2.12. The van der Waals surface area contributed by atoms with E-state index in [0.29, 0.717) is 12.5 Å². The Morgan fingerprint density at radius 3 is 2.62 bits per heavy atom. The van der Waals surface area contributed by atoms with Crippen LogP contribution in [0.1, 0.15) is 19.8 Å². The van der Waals surface area contributed by atoms with Gasteiger partial charge >= 0.3 is 0 Å². The van der Waals surface area contributed by atoms with Crippen LogP contribution in [0.25, 0.3) is 0 Å². The number of carbonyl (C=O) groups is 1. The van der Waals surface area contributed by atoms with Crippen molar-refractivity contribution < 1.29 is 4.79 Å². The minimum atomic E-state index is 0.234. The van der Waals surface area contributed by atoms with Crippen molar-refractivity contribution in [1.29, 1.82) is 0 Å². The molecule has 0 heterocycles. The SMILES string of the molecule is CCC(CSC)N(C)C(=O)CCBr. The molecule has 1 unspecified atom stereocenters. The molecule has 0 aliphatic carbocycles. The molecule has 2 nitrogen and oxygen atoms in total. The summed E-state index contributed by atoms with van der Waals surface area (Å²) >= 11 is 5.07. The van der Waals surface area contributed by atoms with Gasteiger partial charge < -0.3 is 4.90 Å². The van der Waals surface area contributed by atoms with Crippen molar-refractivity contribution in [3.05, 3.63) is 0 Å². The smallest absolute Gasteiger partial charge is 0.223 e. The Kier molecular flexibility index (Phi) is 7.86. The van der Waals surface area contributed by atoms with Crippen molar-refractivity contribution in [3.8, 4) is 0 Å². The van der Waals surface area contributed by atoms with Crippen molar-refractivity contribution in [1.82, 2.24) is 4.90 Å². The zero-order valence-electron chi connectivity index (χ0n) is 8.55. The molecule has 0 N–H and O–H groups in total. The average molecular weight is 268 g/mol. The molecule has 1 amide bonds. The molecule has 0 radical (unpaired) electrons. The Balaban J connectivity index is 4.02. The lowest BCUT2D eigenvalue weighted by molar-refractivity contribution is -0.131. The summed E-state index contributed by atoms with van der Waals surface area (Å²) in [5, 5.41) is 0.756. The number of nitrogens with zero attached hydrogens (tertiary/aromatic N) is 1. The van der Waals surface area contributed by atoms with Crippen molar-refractivity contribution >= 4 is 33.6 Å². The highest BCUT2D eigenvalue weighted by Gasteiger charge is 2.16. The summed E-state index contributed by atoms with van der Waals surface area (Å²) in [7, 11) is 1.90. The van der Waals surface area contributed by atoms with E-state index in [4.69, 9.17) is 0 Å². The second kappa shape index (κ2) is 7.68. The van der Waals surface area contributed by atoms with E-state index in [-0.39, 0.29) is 5.91 Å². The summed E-state index contributed by atoms with van der Waals surface area (Å²) in [5.41, 5.74) is 0. The third-order valence-corrected chi connectivity index (χ3v) is 3.19. The Labute approximate surface area is 93.6 Å². The third kappa shape index (κ3) is 4.91. The number of alkyl halides is 1. The maximum Gasteiger partial charge on any atom is 0.223 e. The first-order valence-corrected chi connectivity index (χ1v) is 6.99. The zero-order chi connectivity index (χ0) is 10.3. The molecule has 0 fully saturated rings. The third-order valence-electron chi connectivity index (χ3n) is 2.08. The zero-order valence-corrected chi connectivity index (χ0v) is 10.9. The molecule has 13 heavy (non-hydrogen) atoms. The highest BCUT2D eigenvalue weighted by molar-refractivity contribution is 9.09. The Hall–Kier alpha value is 0.300. The molecular formula is C9H18BrNOS. The molecule has 0 aliphatic heterocycles. The lowest BCUT2D eigenvalue weighted by atomic mass is 10.2. The Bertz CT molecular complexity index is 155. The highest BCUT2D eigenvalue weighted by Crippen LogP contribution is 2.09. The fraction of sp³-hybridized carbons (Fsp3) is 0.889. The van der Waals surface area contributed by atoms with Crippen molar-refractivity contribution in [2.24, 2.45) is 0 Å². The summed E-state index contributed by atoms with van der Waals surface area (Å²) in [6, 6.07) is 0.390. The monoisotopic (exact) mass is 267 g/mol. The van der Waals surface area contributed by atoms with Gasteiger partial charge in [-0.2, -0.15) is 11.8 Å². The summed E-state index contributed by atoms with van der Waals surface area (Å²) in [5.74, 6) is 1.26. The van der Waals surface area contributed by atoms with Crippen molar-refractivity contribution in [2.75, 3.05) is 24.4 Å². The van der Waals surface area contributed by atoms with Gasteiger partial charge in [0.2, 0.25) is 5.91 Å². The summed E-state index contributed by atoms with van der Waals surface area (Å²) in [6.07, 6.45) is 3.71. The Morgan fingerprint density at radius 1 is 1.62 bits per heavy atom. The van der Waals surface area contributed by atoms with Gasteiger partial charge in [-0.15, -0.1) is 0 Å². The number of hydrogen-bond acceptors (Lipinski definition) is 2. The van der Waals surface area contributed by atoms with Gasteiger partial charge in [0.15, 0.2) is 0 Å². The second-order valence-electron chi connectivity index (χ2n) is 2.96. The van der Waals surface area contributed by atoms with E-state index in [1.165, 1.54) is 0 Å². The van der Waals surface area contributed by atoms with Crippen LogP contribution in [0.3, 0.4) is 0 Å². The van der Waals surface area contributed by atoms with Gasteiger partial charge in [-0.1, -0.05) is 22.9 Å². The molecule has 1 atom stereocenters. The van der Waals surface area contributed by atoms with Gasteiger partial charge in [0.1, 0.15) is 0 Å². The lowest BCUT2D eigenvalue weighted by Gasteiger charge is -2.26. The molecular weight excluding hydrogens is 250 g/mol. The average Bonchev–Trinajstić information content (AvgIpc) is 2.13. The highest BCUT2D eigenvalue weighted by atomic mass is 79.9. The first-order valence-electron chi connectivity index (χ1n) is 4.47. The largest absolute Gasteiger partial charge is 0.342 e. The van der Waals surface area contributed by atoms with E-state index in [2.05, 4.69) is 29.1 Å². The number of halogens is 1.